The van der Waals surface area contributed by atoms with Crippen LogP contribution in [0.1, 0.15) is 24.5 Å². The molecular formula is C17H17ClN2O. The molecule has 0 spiro atoms. The lowest BCUT2D eigenvalue weighted by atomic mass is 10.2. The molecule has 0 saturated heterocycles. The molecule has 108 valence electrons. The highest BCUT2D eigenvalue weighted by atomic mass is 35.5. The standard InChI is InChI=1S/C17H17ClN2O/c1-2-9-21-15-6-3-13(4-7-15)12-20-17-8-5-14(11-19)10-16(17)18/h3-8,10,20H,2,9,12H2,1H3. The molecule has 1 N–H and O–H groups in total. The molecule has 3 nitrogen and oxygen atoms in total. The minimum absolute atomic E-state index is 0.553. The average molecular weight is 301 g/mol. The van der Waals surface area contributed by atoms with Crippen LogP contribution in [0.25, 0.3) is 0 Å². The summed E-state index contributed by atoms with van der Waals surface area (Å²) in [5.74, 6) is 0.886. The van der Waals surface area contributed by atoms with Crippen LogP contribution in [0.3, 0.4) is 0 Å². The van der Waals surface area contributed by atoms with Crippen molar-refractivity contribution in [3.63, 3.8) is 0 Å². The summed E-state index contributed by atoms with van der Waals surface area (Å²) in [5, 5.41) is 12.6. The van der Waals surface area contributed by atoms with Crippen molar-refractivity contribution >= 4 is 17.3 Å². The van der Waals surface area contributed by atoms with Gasteiger partial charge in [0.2, 0.25) is 0 Å². The van der Waals surface area contributed by atoms with Gasteiger partial charge in [0, 0.05) is 6.54 Å². The Morgan fingerprint density at radius 3 is 2.57 bits per heavy atom. The van der Waals surface area contributed by atoms with Crippen LogP contribution >= 0.6 is 11.6 Å². The smallest absolute Gasteiger partial charge is 0.119 e. The average Bonchev–Trinajstić information content (AvgIpc) is 2.52. The summed E-state index contributed by atoms with van der Waals surface area (Å²) in [6.45, 7) is 3.48. The highest BCUT2D eigenvalue weighted by molar-refractivity contribution is 6.33. The van der Waals surface area contributed by atoms with E-state index >= 15 is 0 Å². The second-order valence-corrected chi connectivity index (χ2v) is 5.06. The Labute approximate surface area is 130 Å². The van der Waals surface area contributed by atoms with Crippen LogP contribution in [0.5, 0.6) is 5.75 Å². The summed E-state index contributed by atoms with van der Waals surface area (Å²) in [6, 6.07) is 15.3. The Bertz CT molecular complexity index is 632. The number of hydrogen-bond donors (Lipinski definition) is 1. The molecule has 0 unspecified atom stereocenters. The van der Waals surface area contributed by atoms with Gasteiger partial charge in [-0.2, -0.15) is 5.26 Å². The van der Waals surface area contributed by atoms with Gasteiger partial charge in [-0.05, 0) is 42.3 Å². The number of ether oxygens (including phenoxy) is 1. The molecule has 0 radical (unpaired) electrons. The van der Waals surface area contributed by atoms with E-state index in [1.54, 1.807) is 12.1 Å². The van der Waals surface area contributed by atoms with Crippen molar-refractivity contribution < 1.29 is 4.74 Å². The molecule has 0 aliphatic rings. The Morgan fingerprint density at radius 1 is 1.19 bits per heavy atom. The highest BCUT2D eigenvalue weighted by Crippen LogP contribution is 2.23. The maximum atomic E-state index is 8.81. The van der Waals surface area contributed by atoms with E-state index in [1.165, 1.54) is 0 Å². The second kappa shape index (κ2) is 7.56. The van der Waals surface area contributed by atoms with Gasteiger partial charge in [0.15, 0.2) is 0 Å². The van der Waals surface area contributed by atoms with Crippen molar-refractivity contribution in [2.45, 2.75) is 19.9 Å². The fourth-order valence-corrected chi connectivity index (χ4v) is 2.10. The Kier molecular flexibility index (Phi) is 5.48. The van der Waals surface area contributed by atoms with Gasteiger partial charge in [0.1, 0.15) is 5.75 Å². The van der Waals surface area contributed by atoms with Crippen molar-refractivity contribution in [1.29, 1.82) is 5.26 Å². The summed E-state index contributed by atoms with van der Waals surface area (Å²) >= 11 is 6.12. The molecule has 2 aromatic rings. The normalized spacial score (nSPS) is 9.95. The molecule has 2 rings (SSSR count). The number of rotatable bonds is 6. The zero-order valence-corrected chi connectivity index (χ0v) is 12.7. The first-order chi connectivity index (χ1) is 10.2. The van der Waals surface area contributed by atoms with Crippen molar-refractivity contribution in [2.24, 2.45) is 0 Å². The topological polar surface area (TPSA) is 45.0 Å². The minimum Gasteiger partial charge on any atom is -0.494 e. The van der Waals surface area contributed by atoms with Crippen molar-refractivity contribution in [1.82, 2.24) is 0 Å². The van der Waals surface area contributed by atoms with E-state index < -0.39 is 0 Å². The molecule has 0 bridgehead atoms. The minimum atomic E-state index is 0.553. The first kappa shape index (κ1) is 15.2. The fourth-order valence-electron chi connectivity index (χ4n) is 1.85. The number of hydrogen-bond acceptors (Lipinski definition) is 3. The highest BCUT2D eigenvalue weighted by Gasteiger charge is 2.02. The van der Waals surface area contributed by atoms with E-state index in [4.69, 9.17) is 21.6 Å². The van der Waals surface area contributed by atoms with Crippen molar-refractivity contribution in [2.75, 3.05) is 11.9 Å². The van der Waals surface area contributed by atoms with Crippen LogP contribution in [-0.2, 0) is 6.54 Å². The number of anilines is 1. The number of halogens is 1. The first-order valence-electron chi connectivity index (χ1n) is 6.88. The zero-order chi connectivity index (χ0) is 15.1. The molecule has 2 aromatic carbocycles. The van der Waals surface area contributed by atoms with E-state index in [2.05, 4.69) is 18.3 Å². The molecule has 0 aliphatic carbocycles. The lowest BCUT2D eigenvalue weighted by Crippen LogP contribution is -2.00. The van der Waals surface area contributed by atoms with E-state index in [9.17, 15) is 0 Å². The third kappa shape index (κ3) is 4.40. The molecule has 0 amide bonds. The summed E-state index contributed by atoms with van der Waals surface area (Å²) in [4.78, 5) is 0. The van der Waals surface area contributed by atoms with Crippen LogP contribution in [-0.4, -0.2) is 6.61 Å². The molecule has 0 aromatic heterocycles. The van der Waals surface area contributed by atoms with Crippen LogP contribution < -0.4 is 10.1 Å². The molecule has 4 heteroatoms. The molecule has 0 saturated carbocycles. The lowest BCUT2D eigenvalue weighted by molar-refractivity contribution is 0.317. The number of benzene rings is 2. The van der Waals surface area contributed by atoms with Crippen LogP contribution in [0, 0.1) is 11.3 Å². The number of nitrogens with zero attached hydrogens (tertiary/aromatic N) is 1. The Morgan fingerprint density at radius 2 is 1.95 bits per heavy atom. The van der Waals surface area contributed by atoms with E-state index in [0.29, 0.717) is 17.1 Å². The summed E-state index contributed by atoms with van der Waals surface area (Å²) in [6.07, 6.45) is 1.00. The van der Waals surface area contributed by atoms with Crippen LogP contribution in [0.2, 0.25) is 5.02 Å². The summed E-state index contributed by atoms with van der Waals surface area (Å²) in [7, 11) is 0. The van der Waals surface area contributed by atoms with Gasteiger partial charge in [-0.3, -0.25) is 0 Å². The maximum absolute atomic E-state index is 8.81. The lowest BCUT2D eigenvalue weighted by Gasteiger charge is -2.10. The van der Waals surface area contributed by atoms with Gasteiger partial charge < -0.3 is 10.1 Å². The van der Waals surface area contributed by atoms with Crippen molar-refractivity contribution in [3.05, 3.63) is 58.6 Å². The maximum Gasteiger partial charge on any atom is 0.119 e. The molecule has 0 atom stereocenters. The SMILES string of the molecule is CCCOc1ccc(CNc2ccc(C#N)cc2Cl)cc1. The van der Waals surface area contributed by atoms with Gasteiger partial charge in [0.25, 0.3) is 0 Å². The van der Waals surface area contributed by atoms with E-state index in [-0.39, 0.29) is 0 Å². The van der Waals surface area contributed by atoms with E-state index in [0.717, 1.165) is 30.0 Å². The largest absolute Gasteiger partial charge is 0.494 e. The van der Waals surface area contributed by atoms with Gasteiger partial charge in [0.05, 0.1) is 28.9 Å². The predicted octanol–water partition coefficient (Wildman–Crippen LogP) is 4.61. The predicted molar refractivity (Wildman–Crippen MR) is 85.7 cm³/mol. The molecule has 0 fully saturated rings. The molecule has 0 aliphatic heterocycles. The first-order valence-corrected chi connectivity index (χ1v) is 7.26. The zero-order valence-electron chi connectivity index (χ0n) is 11.9. The van der Waals surface area contributed by atoms with Crippen LogP contribution in [0.15, 0.2) is 42.5 Å². The third-order valence-corrected chi connectivity index (χ3v) is 3.29. The Hall–Kier alpha value is -2.18. The fraction of sp³-hybridized carbons (Fsp3) is 0.235. The summed E-state index contributed by atoms with van der Waals surface area (Å²) < 4.78 is 5.55. The monoisotopic (exact) mass is 300 g/mol. The summed E-state index contributed by atoms with van der Waals surface area (Å²) in [5.41, 5.74) is 2.52. The Balaban J connectivity index is 1.95. The van der Waals surface area contributed by atoms with Gasteiger partial charge >= 0.3 is 0 Å². The number of nitrogens with one attached hydrogen (secondary N) is 1. The van der Waals surface area contributed by atoms with Gasteiger partial charge in [-0.15, -0.1) is 0 Å². The van der Waals surface area contributed by atoms with Crippen molar-refractivity contribution in [3.8, 4) is 11.8 Å². The molecular weight excluding hydrogens is 284 g/mol. The van der Waals surface area contributed by atoms with Crippen LogP contribution in [0.4, 0.5) is 5.69 Å². The van der Waals surface area contributed by atoms with Gasteiger partial charge in [-0.1, -0.05) is 30.7 Å². The number of nitriles is 1. The quantitative estimate of drug-likeness (QED) is 0.847. The van der Waals surface area contributed by atoms with E-state index in [1.807, 2.05) is 30.3 Å². The van der Waals surface area contributed by atoms with Gasteiger partial charge in [-0.25, -0.2) is 0 Å². The molecule has 21 heavy (non-hydrogen) atoms. The third-order valence-electron chi connectivity index (χ3n) is 2.98. The second-order valence-electron chi connectivity index (χ2n) is 4.65. The molecule has 0 heterocycles.